The fourth-order valence-corrected chi connectivity index (χ4v) is 2.59. The van der Waals surface area contributed by atoms with Gasteiger partial charge < -0.3 is 20.2 Å². The zero-order chi connectivity index (χ0) is 14.2. The Morgan fingerprint density at radius 3 is 3.05 bits per heavy atom. The predicted molar refractivity (Wildman–Crippen MR) is 81.5 cm³/mol. The number of aromatic nitrogens is 1. The SMILES string of the molecule is Nc1ccc2nc(NCC3Cc4ccccc4O3)oc2c1. The molecule has 1 unspecified atom stereocenters. The van der Waals surface area contributed by atoms with Crippen LogP contribution in [0.15, 0.2) is 46.9 Å². The summed E-state index contributed by atoms with van der Waals surface area (Å²) < 4.78 is 11.5. The molecule has 0 spiro atoms. The molecule has 1 aromatic heterocycles. The van der Waals surface area contributed by atoms with Crippen molar-refractivity contribution in [3.05, 3.63) is 48.0 Å². The van der Waals surface area contributed by atoms with Crippen LogP contribution in [0.4, 0.5) is 11.7 Å². The van der Waals surface area contributed by atoms with E-state index in [0.717, 1.165) is 17.7 Å². The third-order valence-corrected chi connectivity index (χ3v) is 3.61. The van der Waals surface area contributed by atoms with Crippen molar-refractivity contribution in [3.8, 4) is 5.75 Å². The van der Waals surface area contributed by atoms with Crippen LogP contribution in [-0.2, 0) is 6.42 Å². The van der Waals surface area contributed by atoms with E-state index in [1.807, 2.05) is 30.3 Å². The maximum atomic E-state index is 5.87. The molecule has 0 aliphatic carbocycles. The number of hydrogen-bond acceptors (Lipinski definition) is 5. The predicted octanol–water partition coefficient (Wildman–Crippen LogP) is 2.83. The summed E-state index contributed by atoms with van der Waals surface area (Å²) in [6.07, 6.45) is 0.999. The number of fused-ring (bicyclic) bond motifs is 2. The second-order valence-corrected chi connectivity index (χ2v) is 5.18. The largest absolute Gasteiger partial charge is 0.488 e. The average Bonchev–Trinajstić information content (AvgIpc) is 3.07. The molecule has 1 atom stereocenters. The van der Waals surface area contributed by atoms with E-state index >= 15 is 0 Å². The van der Waals surface area contributed by atoms with Crippen LogP contribution >= 0.6 is 0 Å². The van der Waals surface area contributed by atoms with E-state index < -0.39 is 0 Å². The Hall–Kier alpha value is -2.69. The Balaban J connectivity index is 1.45. The number of nitrogens with one attached hydrogen (secondary N) is 1. The highest BCUT2D eigenvalue weighted by Crippen LogP contribution is 2.28. The molecule has 106 valence electrons. The van der Waals surface area contributed by atoms with Crippen LogP contribution in [0.25, 0.3) is 11.1 Å². The van der Waals surface area contributed by atoms with Gasteiger partial charge in [0.1, 0.15) is 17.4 Å². The van der Waals surface area contributed by atoms with Gasteiger partial charge in [0.05, 0.1) is 6.54 Å². The molecule has 5 nitrogen and oxygen atoms in total. The first-order valence-corrected chi connectivity index (χ1v) is 6.92. The Morgan fingerprint density at radius 1 is 1.24 bits per heavy atom. The third-order valence-electron chi connectivity index (χ3n) is 3.61. The van der Waals surface area contributed by atoms with E-state index in [9.17, 15) is 0 Å². The monoisotopic (exact) mass is 281 g/mol. The molecule has 21 heavy (non-hydrogen) atoms. The Morgan fingerprint density at radius 2 is 2.14 bits per heavy atom. The van der Waals surface area contributed by atoms with Crippen LogP contribution in [0.2, 0.25) is 0 Å². The summed E-state index contributed by atoms with van der Waals surface area (Å²) >= 11 is 0. The van der Waals surface area contributed by atoms with E-state index in [0.29, 0.717) is 23.8 Å². The molecule has 0 fully saturated rings. The van der Waals surface area contributed by atoms with Gasteiger partial charge in [-0.2, -0.15) is 4.98 Å². The lowest BCUT2D eigenvalue weighted by atomic mass is 10.1. The summed E-state index contributed by atoms with van der Waals surface area (Å²) in [7, 11) is 0. The van der Waals surface area contributed by atoms with Crippen LogP contribution in [0.3, 0.4) is 0 Å². The molecular formula is C16H15N3O2. The molecule has 0 saturated heterocycles. The van der Waals surface area contributed by atoms with Gasteiger partial charge in [-0.25, -0.2) is 0 Å². The van der Waals surface area contributed by atoms with E-state index in [4.69, 9.17) is 14.9 Å². The van der Waals surface area contributed by atoms with Crippen molar-refractivity contribution in [1.82, 2.24) is 4.98 Å². The van der Waals surface area contributed by atoms with Crippen LogP contribution in [0.5, 0.6) is 5.75 Å². The van der Waals surface area contributed by atoms with Gasteiger partial charge in [0.25, 0.3) is 6.01 Å². The van der Waals surface area contributed by atoms with Crippen molar-refractivity contribution in [2.45, 2.75) is 12.5 Å². The smallest absolute Gasteiger partial charge is 0.295 e. The quantitative estimate of drug-likeness (QED) is 0.722. The zero-order valence-corrected chi connectivity index (χ0v) is 11.4. The minimum atomic E-state index is 0.0995. The van der Waals surface area contributed by atoms with Gasteiger partial charge in [-0.3, -0.25) is 0 Å². The number of nitrogens with zero attached hydrogens (tertiary/aromatic N) is 1. The van der Waals surface area contributed by atoms with E-state index in [1.165, 1.54) is 5.56 Å². The first-order valence-electron chi connectivity index (χ1n) is 6.92. The molecule has 0 amide bonds. The van der Waals surface area contributed by atoms with Crippen molar-refractivity contribution < 1.29 is 9.15 Å². The highest BCUT2D eigenvalue weighted by molar-refractivity contribution is 5.78. The minimum absolute atomic E-state index is 0.0995. The maximum absolute atomic E-state index is 5.87. The number of nitrogen functional groups attached to an aromatic ring is 1. The molecule has 3 N–H and O–H groups in total. The highest BCUT2D eigenvalue weighted by atomic mass is 16.5. The summed E-state index contributed by atoms with van der Waals surface area (Å²) in [6, 6.07) is 14.0. The van der Waals surface area contributed by atoms with E-state index in [-0.39, 0.29) is 6.10 Å². The standard InChI is InChI=1S/C16H15N3O2/c17-11-5-6-13-15(8-11)21-16(19-13)18-9-12-7-10-3-1-2-4-14(10)20-12/h1-6,8,12H,7,9,17H2,(H,18,19). The van der Waals surface area contributed by atoms with Crippen molar-refractivity contribution in [1.29, 1.82) is 0 Å². The van der Waals surface area contributed by atoms with Crippen molar-refractivity contribution in [2.24, 2.45) is 0 Å². The van der Waals surface area contributed by atoms with E-state index in [1.54, 1.807) is 6.07 Å². The van der Waals surface area contributed by atoms with Gasteiger partial charge in [0, 0.05) is 18.2 Å². The van der Waals surface area contributed by atoms with Gasteiger partial charge in [-0.1, -0.05) is 18.2 Å². The first-order chi connectivity index (χ1) is 10.3. The maximum Gasteiger partial charge on any atom is 0.295 e. The third kappa shape index (κ3) is 2.27. The number of oxazole rings is 1. The van der Waals surface area contributed by atoms with Crippen LogP contribution in [0.1, 0.15) is 5.56 Å². The fraction of sp³-hybridized carbons (Fsp3) is 0.188. The van der Waals surface area contributed by atoms with Crippen molar-refractivity contribution in [2.75, 3.05) is 17.6 Å². The fourth-order valence-electron chi connectivity index (χ4n) is 2.59. The van der Waals surface area contributed by atoms with Gasteiger partial charge in [0.15, 0.2) is 5.58 Å². The molecule has 2 aromatic carbocycles. The number of hydrogen-bond donors (Lipinski definition) is 2. The van der Waals surface area contributed by atoms with Crippen molar-refractivity contribution >= 4 is 22.8 Å². The summed E-state index contributed by atoms with van der Waals surface area (Å²) in [4.78, 5) is 4.38. The lowest BCUT2D eigenvalue weighted by molar-refractivity contribution is 0.245. The Kier molecular flexibility index (Phi) is 2.70. The number of benzene rings is 2. The number of ether oxygens (including phenoxy) is 1. The van der Waals surface area contributed by atoms with Crippen LogP contribution in [-0.4, -0.2) is 17.6 Å². The Bertz CT molecular complexity index is 772. The van der Waals surface area contributed by atoms with E-state index in [2.05, 4.69) is 16.4 Å². The minimum Gasteiger partial charge on any atom is -0.488 e. The molecule has 1 aliphatic heterocycles. The molecule has 0 radical (unpaired) electrons. The second-order valence-electron chi connectivity index (χ2n) is 5.18. The second kappa shape index (κ2) is 4.70. The molecule has 1 aliphatic rings. The summed E-state index contributed by atoms with van der Waals surface area (Å²) in [5.74, 6) is 0.967. The lowest BCUT2D eigenvalue weighted by Crippen LogP contribution is -2.24. The molecule has 3 aromatic rings. The molecule has 5 heteroatoms. The van der Waals surface area contributed by atoms with Crippen LogP contribution in [0, 0.1) is 0 Å². The number of nitrogens with two attached hydrogens (primary N) is 1. The summed E-state index contributed by atoms with van der Waals surface area (Å²) in [6.45, 7) is 0.650. The number of anilines is 2. The highest BCUT2D eigenvalue weighted by Gasteiger charge is 2.22. The summed E-state index contributed by atoms with van der Waals surface area (Å²) in [5, 5.41) is 3.19. The molecule has 4 rings (SSSR count). The topological polar surface area (TPSA) is 73.3 Å². The zero-order valence-electron chi connectivity index (χ0n) is 11.4. The van der Waals surface area contributed by atoms with Gasteiger partial charge >= 0.3 is 0 Å². The van der Waals surface area contributed by atoms with Gasteiger partial charge in [-0.05, 0) is 23.8 Å². The Labute approximate surface area is 121 Å². The average molecular weight is 281 g/mol. The molecule has 2 heterocycles. The number of para-hydroxylation sites is 1. The van der Waals surface area contributed by atoms with Gasteiger partial charge in [-0.15, -0.1) is 0 Å². The molecule has 0 saturated carbocycles. The lowest BCUT2D eigenvalue weighted by Gasteiger charge is -2.10. The molecule has 0 bridgehead atoms. The normalized spacial score (nSPS) is 16.7. The van der Waals surface area contributed by atoms with Crippen molar-refractivity contribution in [3.63, 3.8) is 0 Å². The molecular weight excluding hydrogens is 266 g/mol. The first kappa shape index (κ1) is 12.1. The number of rotatable bonds is 3. The van der Waals surface area contributed by atoms with Crippen LogP contribution < -0.4 is 15.8 Å². The summed E-state index contributed by atoms with van der Waals surface area (Å²) in [5.41, 5.74) is 9.12. The van der Waals surface area contributed by atoms with Gasteiger partial charge in [0.2, 0.25) is 0 Å².